The van der Waals surface area contributed by atoms with Gasteiger partial charge in [0.25, 0.3) is 5.91 Å². The molecule has 0 aliphatic rings. The molecule has 0 fully saturated rings. The molecule has 0 heterocycles. The highest BCUT2D eigenvalue weighted by Gasteiger charge is 2.58. The van der Waals surface area contributed by atoms with Gasteiger partial charge in [0.2, 0.25) is 0 Å². The lowest BCUT2D eigenvalue weighted by Gasteiger charge is -2.20. The number of amides is 1. The summed E-state index contributed by atoms with van der Waals surface area (Å²) < 4.78 is 71.6. The molecule has 1 aromatic carbocycles. The van der Waals surface area contributed by atoms with Gasteiger partial charge in [0, 0.05) is 17.7 Å². The molecule has 0 bridgehead atoms. The van der Waals surface area contributed by atoms with Crippen molar-refractivity contribution in [3.05, 3.63) is 46.5 Å². The number of hydrogen-bond donors (Lipinski definition) is 1. The first kappa shape index (κ1) is 23.8. The molecule has 0 unspecified atom stereocenters. The molecule has 160 valence electrons. The zero-order valence-corrected chi connectivity index (χ0v) is 14.8. The van der Waals surface area contributed by atoms with Crippen molar-refractivity contribution in [3.63, 3.8) is 0 Å². The fourth-order valence-electron chi connectivity index (χ4n) is 1.94. The van der Waals surface area contributed by atoms with Gasteiger partial charge in [0.1, 0.15) is 6.04 Å². The Kier molecular flexibility index (Phi) is 7.63. The van der Waals surface area contributed by atoms with Crippen molar-refractivity contribution in [2.45, 2.75) is 24.6 Å². The maximum atomic E-state index is 13.0. The normalized spacial score (nSPS) is 12.6. The van der Waals surface area contributed by atoms with Crippen LogP contribution in [-0.4, -0.2) is 48.7 Å². The fraction of sp³-hybridized carbons (Fsp3) is 0.375. The summed E-state index contributed by atoms with van der Waals surface area (Å²) in [4.78, 5) is 33.7. The molecule has 0 aliphatic heterocycles. The third-order valence-corrected chi connectivity index (χ3v) is 3.44. The van der Waals surface area contributed by atoms with Gasteiger partial charge in [-0.1, -0.05) is 6.08 Å². The standard InChI is InChI=1S/C16H15F5N2O6/c1-3-4-10(14(25)28-2)22-13(24)9-5-6-11(23(26)27)12(7-9)29-8-15(17,18)16(19,20)21/h3,5-7,10H,1,4,8H2,2H3,(H,22,24)/t10-/m0/s1. The number of nitro groups is 1. The molecule has 0 spiro atoms. The highest BCUT2D eigenvalue weighted by atomic mass is 19.4. The van der Waals surface area contributed by atoms with Crippen LogP contribution in [0.2, 0.25) is 0 Å². The Morgan fingerprint density at radius 2 is 1.93 bits per heavy atom. The van der Waals surface area contributed by atoms with Gasteiger partial charge in [-0.15, -0.1) is 6.58 Å². The summed E-state index contributed by atoms with van der Waals surface area (Å²) in [7, 11) is 1.06. The highest BCUT2D eigenvalue weighted by Crippen LogP contribution is 2.37. The number of rotatable bonds is 9. The number of ether oxygens (including phenoxy) is 2. The van der Waals surface area contributed by atoms with Crippen LogP contribution in [0.1, 0.15) is 16.8 Å². The summed E-state index contributed by atoms with van der Waals surface area (Å²) in [5.74, 6) is -8.07. The Bertz CT molecular complexity index is 796. The van der Waals surface area contributed by atoms with Crippen LogP contribution in [0, 0.1) is 10.1 Å². The Hall–Kier alpha value is -3.25. The van der Waals surface area contributed by atoms with E-state index in [0.717, 1.165) is 13.2 Å². The van der Waals surface area contributed by atoms with E-state index in [1.54, 1.807) is 0 Å². The van der Waals surface area contributed by atoms with Crippen LogP contribution in [0.15, 0.2) is 30.9 Å². The van der Waals surface area contributed by atoms with E-state index in [-0.39, 0.29) is 12.0 Å². The lowest BCUT2D eigenvalue weighted by molar-refractivity contribution is -0.386. The molecule has 0 radical (unpaired) electrons. The largest absolute Gasteiger partial charge is 0.480 e. The number of nitrogens with zero attached hydrogens (tertiary/aromatic N) is 1. The van der Waals surface area contributed by atoms with Crippen molar-refractivity contribution in [3.8, 4) is 5.75 Å². The van der Waals surface area contributed by atoms with Crippen LogP contribution in [0.4, 0.5) is 27.6 Å². The van der Waals surface area contributed by atoms with Crippen LogP contribution >= 0.6 is 0 Å². The van der Waals surface area contributed by atoms with Crippen LogP contribution in [0.5, 0.6) is 5.75 Å². The van der Waals surface area contributed by atoms with Gasteiger partial charge < -0.3 is 14.8 Å². The minimum absolute atomic E-state index is 0.0352. The van der Waals surface area contributed by atoms with Crippen molar-refractivity contribution in [1.29, 1.82) is 0 Å². The second-order valence-electron chi connectivity index (χ2n) is 5.50. The van der Waals surface area contributed by atoms with Gasteiger partial charge in [0.15, 0.2) is 12.4 Å². The molecule has 1 aromatic rings. The minimum atomic E-state index is -5.94. The Labute approximate surface area is 160 Å². The first-order chi connectivity index (χ1) is 13.3. The van der Waals surface area contributed by atoms with Gasteiger partial charge >= 0.3 is 23.8 Å². The molecule has 0 saturated heterocycles. The molecule has 0 aliphatic carbocycles. The zero-order valence-electron chi connectivity index (χ0n) is 14.8. The number of nitro benzene ring substituents is 1. The van der Waals surface area contributed by atoms with Gasteiger partial charge in [-0.2, -0.15) is 22.0 Å². The summed E-state index contributed by atoms with van der Waals surface area (Å²) in [6.07, 6.45) is -4.67. The summed E-state index contributed by atoms with van der Waals surface area (Å²) in [6.45, 7) is 1.16. The molecular weight excluding hydrogens is 411 g/mol. The van der Waals surface area contributed by atoms with Crippen LogP contribution in [0.3, 0.4) is 0 Å². The molecule has 1 amide bonds. The minimum Gasteiger partial charge on any atom is -0.480 e. The topological polar surface area (TPSA) is 108 Å². The van der Waals surface area contributed by atoms with E-state index < -0.39 is 53.0 Å². The summed E-state index contributed by atoms with van der Waals surface area (Å²) in [5, 5.41) is 13.2. The Morgan fingerprint density at radius 1 is 1.31 bits per heavy atom. The number of hydrogen-bond acceptors (Lipinski definition) is 6. The molecular formula is C16H15F5N2O6. The molecule has 13 heteroatoms. The monoisotopic (exact) mass is 426 g/mol. The van der Waals surface area contributed by atoms with Crippen LogP contribution in [0.25, 0.3) is 0 Å². The van der Waals surface area contributed by atoms with E-state index >= 15 is 0 Å². The molecule has 0 saturated carbocycles. The first-order valence-electron chi connectivity index (χ1n) is 7.69. The SMILES string of the molecule is C=CC[C@H](NC(=O)c1ccc([N+](=O)[O-])c(OCC(F)(F)C(F)(F)F)c1)C(=O)OC. The quantitative estimate of drug-likeness (QED) is 0.214. The smallest absolute Gasteiger partial charge is 0.456 e. The van der Waals surface area contributed by atoms with Gasteiger partial charge in [0.05, 0.1) is 12.0 Å². The average molecular weight is 426 g/mol. The number of carbonyl (C=O) groups is 2. The highest BCUT2D eigenvalue weighted by molar-refractivity contribution is 5.97. The molecule has 1 rings (SSSR count). The van der Waals surface area contributed by atoms with E-state index in [0.29, 0.717) is 12.1 Å². The summed E-state index contributed by atoms with van der Waals surface area (Å²) >= 11 is 0. The number of nitrogens with one attached hydrogen (secondary N) is 1. The van der Waals surface area contributed by atoms with E-state index in [2.05, 4.69) is 21.4 Å². The number of carbonyl (C=O) groups excluding carboxylic acids is 2. The van der Waals surface area contributed by atoms with Crippen molar-refractivity contribution in [2.75, 3.05) is 13.7 Å². The molecule has 1 N–H and O–H groups in total. The van der Waals surface area contributed by atoms with Gasteiger partial charge in [-0.3, -0.25) is 14.9 Å². The average Bonchev–Trinajstić information content (AvgIpc) is 2.64. The van der Waals surface area contributed by atoms with Crippen molar-refractivity contribution in [2.24, 2.45) is 0 Å². The van der Waals surface area contributed by atoms with Crippen molar-refractivity contribution in [1.82, 2.24) is 5.32 Å². The van der Waals surface area contributed by atoms with E-state index in [1.807, 2.05) is 0 Å². The van der Waals surface area contributed by atoms with E-state index in [1.165, 1.54) is 6.08 Å². The number of esters is 1. The second kappa shape index (κ2) is 9.30. The second-order valence-corrected chi connectivity index (χ2v) is 5.50. The van der Waals surface area contributed by atoms with Crippen molar-refractivity contribution >= 4 is 17.6 Å². The van der Waals surface area contributed by atoms with E-state index in [4.69, 9.17) is 0 Å². The van der Waals surface area contributed by atoms with Crippen LogP contribution < -0.4 is 10.1 Å². The third-order valence-electron chi connectivity index (χ3n) is 3.44. The fourth-order valence-corrected chi connectivity index (χ4v) is 1.94. The number of benzene rings is 1. The lowest BCUT2D eigenvalue weighted by Crippen LogP contribution is -2.42. The van der Waals surface area contributed by atoms with Gasteiger partial charge in [-0.05, 0) is 12.5 Å². The predicted octanol–water partition coefficient (Wildman–Crippen LogP) is 3.02. The maximum Gasteiger partial charge on any atom is 0.456 e. The summed E-state index contributed by atoms with van der Waals surface area (Å²) in [6, 6.07) is 1.04. The van der Waals surface area contributed by atoms with Gasteiger partial charge in [-0.25, -0.2) is 4.79 Å². The Morgan fingerprint density at radius 3 is 2.41 bits per heavy atom. The summed E-state index contributed by atoms with van der Waals surface area (Å²) in [5.41, 5.74) is -1.32. The van der Waals surface area contributed by atoms with E-state index in [9.17, 15) is 41.7 Å². The number of alkyl halides is 5. The lowest BCUT2D eigenvalue weighted by atomic mass is 10.1. The Balaban J connectivity index is 3.14. The molecule has 0 aromatic heterocycles. The maximum absolute atomic E-state index is 13.0. The molecule has 8 nitrogen and oxygen atoms in total. The molecule has 1 atom stereocenters. The predicted molar refractivity (Wildman–Crippen MR) is 87.7 cm³/mol. The molecule has 29 heavy (non-hydrogen) atoms. The third kappa shape index (κ3) is 6.12. The van der Waals surface area contributed by atoms with Crippen molar-refractivity contribution < 1.29 is 45.9 Å². The first-order valence-corrected chi connectivity index (χ1v) is 7.69. The zero-order chi connectivity index (χ0) is 22.4. The van der Waals surface area contributed by atoms with Crippen LogP contribution in [-0.2, 0) is 9.53 Å². The number of methoxy groups -OCH3 is 1. The number of halogens is 5.